The second kappa shape index (κ2) is 6.07. The monoisotopic (exact) mass is 252 g/mol. The van der Waals surface area contributed by atoms with Gasteiger partial charge in [0, 0.05) is 11.6 Å². The van der Waals surface area contributed by atoms with Crippen molar-refractivity contribution in [1.82, 2.24) is 5.32 Å². The summed E-state index contributed by atoms with van der Waals surface area (Å²) in [6, 6.07) is 6.09. The third kappa shape index (κ3) is 4.20. The van der Waals surface area contributed by atoms with Crippen molar-refractivity contribution in [3.8, 4) is 5.75 Å². The van der Waals surface area contributed by atoms with Gasteiger partial charge in [-0.25, -0.2) is 0 Å². The number of aliphatic hydroxyl groups excluding tert-OH is 1. The normalized spacial score (nSPS) is 13.4. The van der Waals surface area contributed by atoms with Crippen molar-refractivity contribution in [2.45, 2.75) is 38.8 Å². The minimum atomic E-state index is -0.266. The topological polar surface area (TPSA) is 67.5 Å². The van der Waals surface area contributed by atoms with E-state index in [0.29, 0.717) is 11.4 Å². The fourth-order valence-corrected chi connectivity index (χ4v) is 2.03. The Bertz CT molecular complexity index is 391. The smallest absolute Gasteiger partial charge is 0.141 e. The maximum atomic E-state index is 9.22. The van der Waals surface area contributed by atoms with Gasteiger partial charge in [0.2, 0.25) is 0 Å². The summed E-state index contributed by atoms with van der Waals surface area (Å²) < 4.78 is 5.13. The first-order valence-electron chi connectivity index (χ1n) is 6.19. The van der Waals surface area contributed by atoms with Crippen LogP contribution < -0.4 is 15.8 Å². The van der Waals surface area contributed by atoms with Crippen molar-refractivity contribution >= 4 is 5.69 Å². The van der Waals surface area contributed by atoms with E-state index in [-0.39, 0.29) is 18.2 Å². The Morgan fingerprint density at radius 2 is 2.11 bits per heavy atom. The first kappa shape index (κ1) is 14.8. The fraction of sp³-hybridized carbons (Fsp3) is 0.571. The molecule has 0 saturated heterocycles. The SMILES string of the molecule is COc1ccc(CC(C)NC(C)(C)CO)cc1N. The van der Waals surface area contributed by atoms with Crippen LogP contribution in [-0.4, -0.2) is 30.4 Å². The van der Waals surface area contributed by atoms with Gasteiger partial charge in [-0.1, -0.05) is 6.07 Å². The van der Waals surface area contributed by atoms with Gasteiger partial charge in [-0.15, -0.1) is 0 Å². The van der Waals surface area contributed by atoms with Crippen LogP contribution in [0.15, 0.2) is 18.2 Å². The molecule has 1 unspecified atom stereocenters. The first-order chi connectivity index (χ1) is 8.38. The lowest BCUT2D eigenvalue weighted by Crippen LogP contribution is -2.48. The fourth-order valence-electron chi connectivity index (χ4n) is 2.03. The zero-order chi connectivity index (χ0) is 13.8. The second-order valence-corrected chi connectivity index (χ2v) is 5.37. The van der Waals surface area contributed by atoms with E-state index in [4.69, 9.17) is 10.5 Å². The van der Waals surface area contributed by atoms with Gasteiger partial charge in [0.15, 0.2) is 0 Å². The van der Waals surface area contributed by atoms with Crippen LogP contribution in [0.4, 0.5) is 5.69 Å². The van der Waals surface area contributed by atoms with E-state index in [1.165, 1.54) is 0 Å². The molecular weight excluding hydrogens is 228 g/mol. The number of hydrogen-bond acceptors (Lipinski definition) is 4. The predicted octanol–water partition coefficient (Wildman–Crippen LogP) is 1.57. The number of methoxy groups -OCH3 is 1. The number of rotatable bonds is 6. The average molecular weight is 252 g/mol. The highest BCUT2D eigenvalue weighted by molar-refractivity contribution is 5.54. The van der Waals surface area contributed by atoms with Crippen LogP contribution >= 0.6 is 0 Å². The van der Waals surface area contributed by atoms with Crippen LogP contribution in [0.1, 0.15) is 26.3 Å². The molecule has 0 aliphatic heterocycles. The Morgan fingerprint density at radius 1 is 1.44 bits per heavy atom. The zero-order valence-corrected chi connectivity index (χ0v) is 11.7. The highest BCUT2D eigenvalue weighted by atomic mass is 16.5. The van der Waals surface area contributed by atoms with Crippen LogP contribution in [0.5, 0.6) is 5.75 Å². The number of anilines is 1. The number of ether oxygens (including phenoxy) is 1. The summed E-state index contributed by atoms with van der Waals surface area (Å²) in [5, 5.41) is 12.6. The second-order valence-electron chi connectivity index (χ2n) is 5.37. The number of hydrogen-bond donors (Lipinski definition) is 3. The standard InChI is InChI=1S/C14H24N2O2/c1-10(16-14(2,3)9-17)7-11-5-6-13(18-4)12(15)8-11/h5-6,8,10,16-17H,7,9,15H2,1-4H3. The summed E-state index contributed by atoms with van der Waals surface area (Å²) in [4.78, 5) is 0. The molecule has 1 rings (SSSR count). The molecule has 1 aromatic carbocycles. The van der Waals surface area contributed by atoms with Gasteiger partial charge in [0.25, 0.3) is 0 Å². The summed E-state index contributed by atoms with van der Waals surface area (Å²) in [6.07, 6.45) is 0.859. The molecule has 102 valence electrons. The Labute approximate surface area is 109 Å². The molecule has 0 spiro atoms. The molecule has 0 aromatic heterocycles. The summed E-state index contributed by atoms with van der Waals surface area (Å²) in [7, 11) is 1.61. The molecule has 0 saturated carbocycles. The summed E-state index contributed by atoms with van der Waals surface area (Å²) >= 11 is 0. The molecule has 0 fully saturated rings. The first-order valence-corrected chi connectivity index (χ1v) is 6.19. The van der Waals surface area contributed by atoms with E-state index in [1.54, 1.807) is 7.11 Å². The van der Waals surface area contributed by atoms with Crippen LogP contribution in [0.3, 0.4) is 0 Å². The Morgan fingerprint density at radius 3 is 2.61 bits per heavy atom. The van der Waals surface area contributed by atoms with Crippen molar-refractivity contribution in [3.05, 3.63) is 23.8 Å². The molecule has 4 heteroatoms. The molecular formula is C14H24N2O2. The van der Waals surface area contributed by atoms with Crippen molar-refractivity contribution in [2.24, 2.45) is 0 Å². The number of nitrogens with one attached hydrogen (secondary N) is 1. The van der Waals surface area contributed by atoms with E-state index < -0.39 is 0 Å². The van der Waals surface area contributed by atoms with Crippen molar-refractivity contribution in [1.29, 1.82) is 0 Å². The van der Waals surface area contributed by atoms with E-state index in [0.717, 1.165) is 12.0 Å². The number of nitrogen functional groups attached to an aromatic ring is 1. The molecule has 18 heavy (non-hydrogen) atoms. The number of benzene rings is 1. The Kier molecular flexibility index (Phi) is 4.99. The lowest BCUT2D eigenvalue weighted by Gasteiger charge is -2.28. The van der Waals surface area contributed by atoms with Crippen LogP contribution in [0.2, 0.25) is 0 Å². The molecule has 1 atom stereocenters. The minimum Gasteiger partial charge on any atom is -0.495 e. The van der Waals surface area contributed by atoms with Crippen LogP contribution in [-0.2, 0) is 6.42 Å². The largest absolute Gasteiger partial charge is 0.495 e. The highest BCUT2D eigenvalue weighted by Gasteiger charge is 2.18. The van der Waals surface area contributed by atoms with Crippen molar-refractivity contribution in [2.75, 3.05) is 19.5 Å². The lowest BCUT2D eigenvalue weighted by molar-refractivity contribution is 0.177. The average Bonchev–Trinajstić information content (AvgIpc) is 2.28. The number of nitrogens with two attached hydrogens (primary N) is 1. The van der Waals surface area contributed by atoms with E-state index >= 15 is 0 Å². The zero-order valence-electron chi connectivity index (χ0n) is 11.7. The molecule has 0 bridgehead atoms. The maximum Gasteiger partial charge on any atom is 0.141 e. The summed E-state index contributed by atoms with van der Waals surface area (Å²) in [5.41, 5.74) is 7.42. The van der Waals surface area contributed by atoms with Gasteiger partial charge in [-0.3, -0.25) is 0 Å². The molecule has 0 aliphatic rings. The lowest BCUT2D eigenvalue weighted by atomic mass is 10.0. The van der Waals surface area contributed by atoms with Gasteiger partial charge in [-0.05, 0) is 44.9 Å². The molecule has 0 amide bonds. The quantitative estimate of drug-likeness (QED) is 0.672. The molecule has 0 aliphatic carbocycles. The number of aliphatic hydroxyl groups is 1. The highest BCUT2D eigenvalue weighted by Crippen LogP contribution is 2.22. The minimum absolute atomic E-state index is 0.113. The third-order valence-corrected chi connectivity index (χ3v) is 2.87. The van der Waals surface area contributed by atoms with Gasteiger partial charge in [-0.2, -0.15) is 0 Å². The summed E-state index contributed by atoms with van der Waals surface area (Å²) in [6.45, 7) is 6.16. The van der Waals surface area contributed by atoms with E-state index in [9.17, 15) is 5.11 Å². The van der Waals surface area contributed by atoms with Gasteiger partial charge >= 0.3 is 0 Å². The van der Waals surface area contributed by atoms with Crippen molar-refractivity contribution < 1.29 is 9.84 Å². The predicted molar refractivity (Wildman–Crippen MR) is 74.9 cm³/mol. The molecule has 1 aromatic rings. The van der Waals surface area contributed by atoms with Gasteiger partial charge in [0.1, 0.15) is 5.75 Å². The van der Waals surface area contributed by atoms with Crippen LogP contribution in [0.25, 0.3) is 0 Å². The van der Waals surface area contributed by atoms with Gasteiger partial charge in [0.05, 0.1) is 19.4 Å². The van der Waals surface area contributed by atoms with Crippen molar-refractivity contribution in [3.63, 3.8) is 0 Å². The molecule has 4 nitrogen and oxygen atoms in total. The Hall–Kier alpha value is -1.26. The van der Waals surface area contributed by atoms with E-state index in [1.807, 2.05) is 32.0 Å². The maximum absolute atomic E-state index is 9.22. The summed E-state index contributed by atoms with van der Waals surface area (Å²) in [5.74, 6) is 0.704. The molecule has 0 radical (unpaired) electrons. The van der Waals surface area contributed by atoms with E-state index in [2.05, 4.69) is 12.2 Å². The molecule has 0 heterocycles. The van der Waals surface area contributed by atoms with Crippen LogP contribution in [0, 0.1) is 0 Å². The van der Waals surface area contributed by atoms with Gasteiger partial charge < -0.3 is 20.9 Å². The Balaban J connectivity index is 2.65. The molecule has 4 N–H and O–H groups in total. The third-order valence-electron chi connectivity index (χ3n) is 2.87.